The van der Waals surface area contributed by atoms with E-state index < -0.39 is 10.0 Å². The molecule has 5 rings (SSSR count). The van der Waals surface area contributed by atoms with Gasteiger partial charge in [0.15, 0.2) is 0 Å². The highest BCUT2D eigenvalue weighted by Gasteiger charge is 2.22. The number of sulfonamides is 1. The number of rotatable bonds is 6. The topological polar surface area (TPSA) is 111 Å². The van der Waals surface area contributed by atoms with Crippen molar-refractivity contribution in [2.24, 2.45) is 0 Å². The molecular weight excluding hydrogens is 510 g/mol. The molecule has 1 heterocycles. The molecule has 0 aliphatic carbocycles. The average molecular weight is 540 g/mol. The number of hydrogen-bond acceptors (Lipinski definition) is 4. The van der Waals surface area contributed by atoms with Crippen LogP contribution < -0.4 is 10.0 Å². The number of aromatic hydroxyl groups is 1. The predicted octanol–water partition coefficient (Wildman–Crippen LogP) is 6.89. The fraction of sp³-hybridized carbons (Fsp3) is 0.129. The summed E-state index contributed by atoms with van der Waals surface area (Å²) in [5.41, 5.74) is 4.33. The molecule has 0 saturated carbocycles. The fourth-order valence-corrected chi connectivity index (χ4v) is 5.47. The predicted molar refractivity (Wildman–Crippen MR) is 156 cm³/mol. The van der Waals surface area contributed by atoms with E-state index in [1.165, 1.54) is 12.1 Å². The molecule has 8 heteroatoms. The number of fused-ring (bicyclic) bond motifs is 1. The van der Waals surface area contributed by atoms with Crippen molar-refractivity contribution in [1.82, 2.24) is 4.98 Å². The molecule has 0 aliphatic heterocycles. The minimum Gasteiger partial charge on any atom is -0.508 e. The van der Waals surface area contributed by atoms with Gasteiger partial charge < -0.3 is 15.4 Å². The molecule has 0 fully saturated rings. The van der Waals surface area contributed by atoms with Gasteiger partial charge >= 0.3 is 0 Å². The Labute approximate surface area is 227 Å². The molecule has 1 amide bonds. The Morgan fingerprint density at radius 3 is 2.10 bits per heavy atom. The van der Waals surface area contributed by atoms with Gasteiger partial charge in [0, 0.05) is 27.8 Å². The van der Waals surface area contributed by atoms with Crippen LogP contribution in [-0.4, -0.2) is 24.4 Å². The van der Waals surface area contributed by atoms with Crippen LogP contribution in [0.15, 0.2) is 102 Å². The number of carbonyl (C=O) groups excluding carboxylic acids is 1. The van der Waals surface area contributed by atoms with Gasteiger partial charge in [0.2, 0.25) is 0 Å². The highest BCUT2D eigenvalue weighted by Crippen LogP contribution is 2.35. The SMILES string of the molecule is CC(C)(C)c1ccc(S(=O)(=O)Nc2ccc3[nH]c(C(=O)Nc4ccc(O)cc4)c(-c4ccccc4)c3c2)cc1. The summed E-state index contributed by atoms with van der Waals surface area (Å²) in [5.74, 6) is -0.263. The second kappa shape index (κ2) is 9.96. The molecule has 198 valence electrons. The van der Waals surface area contributed by atoms with Gasteiger partial charge in [-0.25, -0.2) is 8.42 Å². The second-order valence-corrected chi connectivity index (χ2v) is 12.1. The van der Waals surface area contributed by atoms with Crippen LogP contribution in [0.5, 0.6) is 5.75 Å². The number of aromatic amines is 1. The maximum absolute atomic E-state index is 13.3. The van der Waals surface area contributed by atoms with Gasteiger partial charge in [0.05, 0.1) is 4.90 Å². The summed E-state index contributed by atoms with van der Waals surface area (Å²) in [4.78, 5) is 16.7. The monoisotopic (exact) mass is 539 g/mol. The van der Waals surface area contributed by atoms with E-state index in [0.717, 1.165) is 11.1 Å². The molecule has 0 radical (unpaired) electrons. The first-order chi connectivity index (χ1) is 18.5. The number of amides is 1. The summed E-state index contributed by atoms with van der Waals surface area (Å²) in [6.07, 6.45) is 0. The van der Waals surface area contributed by atoms with Gasteiger partial charge in [0.1, 0.15) is 11.4 Å². The maximum atomic E-state index is 13.3. The number of anilines is 2. The Kier molecular flexibility index (Phi) is 6.66. The lowest BCUT2D eigenvalue weighted by molar-refractivity contribution is 0.102. The van der Waals surface area contributed by atoms with Gasteiger partial charge in [-0.2, -0.15) is 0 Å². The minimum atomic E-state index is -3.84. The zero-order valence-electron chi connectivity index (χ0n) is 21.8. The largest absolute Gasteiger partial charge is 0.508 e. The molecule has 39 heavy (non-hydrogen) atoms. The van der Waals surface area contributed by atoms with E-state index >= 15 is 0 Å². The summed E-state index contributed by atoms with van der Waals surface area (Å²) in [5, 5.41) is 13.1. The van der Waals surface area contributed by atoms with Gasteiger partial charge in [-0.1, -0.05) is 63.2 Å². The molecule has 4 N–H and O–H groups in total. The molecular formula is C31H29N3O4S. The van der Waals surface area contributed by atoms with Crippen molar-refractivity contribution >= 4 is 38.2 Å². The third kappa shape index (κ3) is 5.51. The van der Waals surface area contributed by atoms with Crippen LogP contribution in [0, 0.1) is 0 Å². The first kappa shape index (κ1) is 26.1. The highest BCUT2D eigenvalue weighted by atomic mass is 32.2. The molecule has 0 bridgehead atoms. The van der Waals surface area contributed by atoms with Crippen molar-refractivity contribution in [1.29, 1.82) is 0 Å². The van der Waals surface area contributed by atoms with E-state index in [1.54, 1.807) is 42.5 Å². The average Bonchev–Trinajstić information content (AvgIpc) is 3.29. The number of benzene rings is 4. The first-order valence-electron chi connectivity index (χ1n) is 12.5. The van der Waals surface area contributed by atoms with Crippen LogP contribution in [0.25, 0.3) is 22.0 Å². The van der Waals surface area contributed by atoms with Crippen molar-refractivity contribution < 1.29 is 18.3 Å². The van der Waals surface area contributed by atoms with Crippen molar-refractivity contribution in [3.8, 4) is 16.9 Å². The van der Waals surface area contributed by atoms with Gasteiger partial charge in [-0.3, -0.25) is 9.52 Å². The third-order valence-electron chi connectivity index (χ3n) is 6.50. The summed E-state index contributed by atoms with van der Waals surface area (Å²) < 4.78 is 29.1. The Morgan fingerprint density at radius 2 is 1.46 bits per heavy atom. The molecule has 0 atom stereocenters. The number of aromatic nitrogens is 1. The van der Waals surface area contributed by atoms with Crippen LogP contribution in [0.2, 0.25) is 0 Å². The lowest BCUT2D eigenvalue weighted by Gasteiger charge is -2.19. The van der Waals surface area contributed by atoms with E-state index in [9.17, 15) is 18.3 Å². The van der Waals surface area contributed by atoms with Gasteiger partial charge in [-0.05, 0) is 71.1 Å². The van der Waals surface area contributed by atoms with Crippen molar-refractivity contribution in [2.75, 3.05) is 10.0 Å². The second-order valence-electron chi connectivity index (χ2n) is 10.4. The summed E-state index contributed by atoms with van der Waals surface area (Å²) >= 11 is 0. The zero-order chi connectivity index (χ0) is 27.8. The third-order valence-corrected chi connectivity index (χ3v) is 7.89. The molecule has 5 aromatic rings. The van der Waals surface area contributed by atoms with Crippen LogP contribution in [0.3, 0.4) is 0 Å². The quantitative estimate of drug-likeness (QED) is 0.176. The number of H-pyrrole nitrogens is 1. The number of hydrogen-bond donors (Lipinski definition) is 4. The molecule has 0 spiro atoms. The van der Waals surface area contributed by atoms with Crippen LogP contribution in [-0.2, 0) is 15.4 Å². The zero-order valence-corrected chi connectivity index (χ0v) is 22.6. The number of phenolic OH excluding ortho intramolecular Hbond substituents is 1. The standard InChI is InChI=1S/C31H29N3O4S/c1-31(2,3)21-9-16-25(17-10-21)39(37,38)34-23-13-18-27-26(19-23)28(20-7-5-4-6-8-20)29(33-27)30(36)32-22-11-14-24(35)15-12-22/h4-19,33-35H,1-3H3,(H,32,36). The lowest BCUT2D eigenvalue weighted by Crippen LogP contribution is -2.14. The highest BCUT2D eigenvalue weighted by molar-refractivity contribution is 7.92. The Morgan fingerprint density at radius 1 is 0.821 bits per heavy atom. The van der Waals surface area contributed by atoms with Crippen LogP contribution >= 0.6 is 0 Å². The molecule has 4 aromatic carbocycles. The maximum Gasteiger partial charge on any atom is 0.272 e. The van der Waals surface area contributed by atoms with Crippen molar-refractivity contribution in [2.45, 2.75) is 31.1 Å². The number of nitrogens with one attached hydrogen (secondary N) is 3. The summed E-state index contributed by atoms with van der Waals surface area (Å²) in [6.45, 7) is 6.22. The number of carbonyl (C=O) groups is 1. The normalized spacial score (nSPS) is 11.9. The summed E-state index contributed by atoms with van der Waals surface area (Å²) in [6, 6.07) is 27.7. The Balaban J connectivity index is 1.53. The van der Waals surface area contributed by atoms with E-state index in [4.69, 9.17) is 0 Å². The fourth-order valence-electron chi connectivity index (χ4n) is 4.42. The van der Waals surface area contributed by atoms with Gasteiger partial charge in [0.25, 0.3) is 15.9 Å². The smallest absolute Gasteiger partial charge is 0.272 e. The molecule has 0 unspecified atom stereocenters. The van der Waals surface area contributed by atoms with Crippen molar-refractivity contribution in [3.63, 3.8) is 0 Å². The summed E-state index contributed by atoms with van der Waals surface area (Å²) in [7, 11) is -3.84. The van der Waals surface area contributed by atoms with Crippen molar-refractivity contribution in [3.05, 3.63) is 108 Å². The number of phenols is 1. The molecule has 7 nitrogen and oxygen atoms in total. The van der Waals surface area contributed by atoms with Crippen LogP contribution in [0.1, 0.15) is 36.8 Å². The minimum absolute atomic E-state index is 0.0881. The molecule has 1 aromatic heterocycles. The van der Waals surface area contributed by atoms with E-state index in [1.807, 2.05) is 42.5 Å². The molecule has 0 saturated heterocycles. The first-order valence-corrected chi connectivity index (χ1v) is 13.9. The van der Waals surface area contributed by atoms with E-state index in [0.29, 0.717) is 33.5 Å². The van der Waals surface area contributed by atoms with E-state index in [2.05, 4.69) is 35.8 Å². The lowest BCUT2D eigenvalue weighted by atomic mass is 9.87. The van der Waals surface area contributed by atoms with Crippen LogP contribution in [0.4, 0.5) is 11.4 Å². The van der Waals surface area contributed by atoms with Gasteiger partial charge in [-0.15, -0.1) is 0 Å². The van der Waals surface area contributed by atoms with E-state index in [-0.39, 0.29) is 22.0 Å². The molecule has 0 aliphatic rings. The Hall–Kier alpha value is -4.56. The Bertz CT molecular complexity index is 1750.